The average molecular weight is 341 g/mol. The lowest BCUT2D eigenvalue weighted by Gasteiger charge is -2.07. The van der Waals surface area contributed by atoms with Crippen molar-refractivity contribution in [3.05, 3.63) is 58.1 Å². The maximum atomic E-state index is 13.0. The molecule has 0 unspecified atom stereocenters. The first kappa shape index (κ1) is 14.5. The Balaban J connectivity index is 2.04. The number of benzene rings is 2. The van der Waals surface area contributed by atoms with Gasteiger partial charge in [-0.05, 0) is 51.8 Å². The van der Waals surface area contributed by atoms with E-state index in [1.807, 2.05) is 0 Å². The van der Waals surface area contributed by atoms with Gasteiger partial charge in [-0.3, -0.25) is 4.79 Å². The van der Waals surface area contributed by atoms with Crippen molar-refractivity contribution < 1.29 is 13.6 Å². The fraction of sp³-hybridized carbons (Fsp3) is 0.0714. The monoisotopic (exact) mass is 340 g/mol. The van der Waals surface area contributed by atoms with Gasteiger partial charge in [-0.1, -0.05) is 6.07 Å². The molecule has 0 spiro atoms. The van der Waals surface area contributed by atoms with Crippen molar-refractivity contribution in [2.24, 2.45) is 0 Å². The lowest BCUT2D eigenvalue weighted by atomic mass is 10.1. The molecule has 0 saturated heterocycles. The summed E-state index contributed by atoms with van der Waals surface area (Å²) in [7, 11) is 0. The number of carbonyl (C=O) groups is 1. The highest BCUT2D eigenvalue weighted by Gasteiger charge is 2.08. The van der Waals surface area contributed by atoms with Crippen LogP contribution < -0.4 is 11.1 Å². The van der Waals surface area contributed by atoms with E-state index in [0.717, 1.165) is 12.1 Å². The fourth-order valence-corrected chi connectivity index (χ4v) is 2.02. The van der Waals surface area contributed by atoms with Crippen LogP contribution in [0.4, 0.5) is 20.2 Å². The van der Waals surface area contributed by atoms with Crippen molar-refractivity contribution >= 4 is 33.2 Å². The molecule has 0 aliphatic heterocycles. The summed E-state index contributed by atoms with van der Waals surface area (Å²) in [6.45, 7) is 0. The molecule has 0 aliphatic rings. The molecule has 0 heterocycles. The number of nitrogen functional groups attached to an aromatic ring is 1. The Bertz CT molecular complexity index is 606. The molecule has 0 saturated carbocycles. The van der Waals surface area contributed by atoms with Crippen LogP contribution in [0.25, 0.3) is 0 Å². The second-order valence-electron chi connectivity index (χ2n) is 4.21. The van der Waals surface area contributed by atoms with Gasteiger partial charge in [0, 0.05) is 15.8 Å². The third kappa shape index (κ3) is 3.54. The lowest BCUT2D eigenvalue weighted by molar-refractivity contribution is -0.115. The average Bonchev–Trinajstić information content (AvgIpc) is 2.38. The summed E-state index contributed by atoms with van der Waals surface area (Å²) >= 11 is 3.25. The molecule has 0 aromatic heterocycles. The maximum absolute atomic E-state index is 13.0. The number of nitrogens with one attached hydrogen (secondary N) is 1. The molecule has 6 heteroatoms. The zero-order valence-electron chi connectivity index (χ0n) is 10.3. The van der Waals surface area contributed by atoms with E-state index < -0.39 is 11.6 Å². The van der Waals surface area contributed by atoms with E-state index in [4.69, 9.17) is 5.73 Å². The number of amides is 1. The molecule has 1 amide bonds. The lowest BCUT2D eigenvalue weighted by Crippen LogP contribution is -2.14. The van der Waals surface area contributed by atoms with Crippen LogP contribution in [0.1, 0.15) is 5.56 Å². The van der Waals surface area contributed by atoms with Gasteiger partial charge in [-0.25, -0.2) is 8.78 Å². The molecule has 0 bridgehead atoms. The Kier molecular flexibility index (Phi) is 4.34. The van der Waals surface area contributed by atoms with Gasteiger partial charge in [0.1, 0.15) is 0 Å². The largest absolute Gasteiger partial charge is 0.398 e. The predicted octanol–water partition coefficient (Wildman–Crippen LogP) is 3.49. The summed E-state index contributed by atoms with van der Waals surface area (Å²) in [6.07, 6.45) is -0.0425. The highest BCUT2D eigenvalue weighted by molar-refractivity contribution is 9.10. The molecule has 0 atom stereocenters. The summed E-state index contributed by atoms with van der Waals surface area (Å²) < 4.78 is 26.5. The van der Waals surface area contributed by atoms with Crippen LogP contribution in [0.5, 0.6) is 0 Å². The Morgan fingerprint density at radius 1 is 1.15 bits per heavy atom. The van der Waals surface area contributed by atoms with Crippen molar-refractivity contribution in [1.82, 2.24) is 0 Å². The summed E-state index contributed by atoms with van der Waals surface area (Å²) in [5.41, 5.74) is 7.16. The van der Waals surface area contributed by atoms with Crippen molar-refractivity contribution in [2.45, 2.75) is 6.42 Å². The summed E-state index contributed by atoms with van der Waals surface area (Å²) in [5, 5.41) is 2.65. The first-order chi connectivity index (χ1) is 9.45. The molecule has 3 N–H and O–H groups in total. The quantitative estimate of drug-likeness (QED) is 0.840. The van der Waals surface area contributed by atoms with Crippen LogP contribution in [0, 0.1) is 11.6 Å². The number of nitrogens with two attached hydrogens (primary N) is 1. The first-order valence-electron chi connectivity index (χ1n) is 5.74. The predicted molar refractivity (Wildman–Crippen MR) is 77.2 cm³/mol. The van der Waals surface area contributed by atoms with Crippen molar-refractivity contribution in [3.8, 4) is 0 Å². The Hall–Kier alpha value is -1.95. The molecule has 3 nitrogen and oxygen atoms in total. The number of hydrogen-bond donors (Lipinski definition) is 2. The molecule has 104 valence electrons. The van der Waals surface area contributed by atoms with E-state index >= 15 is 0 Å². The molecular formula is C14H11BrF2N2O. The minimum absolute atomic E-state index is 0.0425. The van der Waals surface area contributed by atoms with E-state index in [2.05, 4.69) is 21.2 Å². The number of rotatable bonds is 3. The van der Waals surface area contributed by atoms with Crippen LogP contribution in [-0.2, 0) is 11.2 Å². The minimum atomic E-state index is -0.967. The van der Waals surface area contributed by atoms with Gasteiger partial charge in [0.2, 0.25) is 5.91 Å². The van der Waals surface area contributed by atoms with Gasteiger partial charge in [-0.2, -0.15) is 0 Å². The highest BCUT2D eigenvalue weighted by atomic mass is 79.9. The summed E-state index contributed by atoms with van der Waals surface area (Å²) in [4.78, 5) is 11.8. The van der Waals surface area contributed by atoms with Crippen molar-refractivity contribution in [2.75, 3.05) is 11.1 Å². The molecule has 0 radical (unpaired) electrons. The van der Waals surface area contributed by atoms with Gasteiger partial charge < -0.3 is 11.1 Å². The normalized spacial score (nSPS) is 10.3. The molecule has 2 rings (SSSR count). The SMILES string of the molecule is Nc1ccc(NC(=O)Cc2ccc(F)c(F)c2)cc1Br. The number of anilines is 2. The Morgan fingerprint density at radius 3 is 2.55 bits per heavy atom. The van der Waals surface area contributed by atoms with Crippen LogP contribution in [0.3, 0.4) is 0 Å². The number of carbonyl (C=O) groups excluding carboxylic acids is 1. The van der Waals surface area contributed by atoms with E-state index in [0.29, 0.717) is 21.4 Å². The summed E-state index contributed by atoms with van der Waals surface area (Å²) in [6, 6.07) is 8.35. The van der Waals surface area contributed by atoms with Crippen molar-refractivity contribution in [3.63, 3.8) is 0 Å². The third-order valence-electron chi connectivity index (χ3n) is 2.63. The number of halogens is 3. The van der Waals surface area contributed by atoms with Crippen LogP contribution in [-0.4, -0.2) is 5.91 Å². The van der Waals surface area contributed by atoms with Gasteiger partial charge in [0.25, 0.3) is 0 Å². The maximum Gasteiger partial charge on any atom is 0.228 e. The number of hydrogen-bond acceptors (Lipinski definition) is 2. The van der Waals surface area contributed by atoms with E-state index in [-0.39, 0.29) is 12.3 Å². The van der Waals surface area contributed by atoms with Gasteiger partial charge in [0.05, 0.1) is 6.42 Å². The zero-order valence-corrected chi connectivity index (χ0v) is 11.9. The first-order valence-corrected chi connectivity index (χ1v) is 6.54. The van der Waals surface area contributed by atoms with Crippen LogP contribution >= 0.6 is 15.9 Å². The summed E-state index contributed by atoms with van der Waals surface area (Å²) in [5.74, 6) is -2.23. The van der Waals surface area contributed by atoms with Crippen LogP contribution in [0.2, 0.25) is 0 Å². The topological polar surface area (TPSA) is 55.1 Å². The third-order valence-corrected chi connectivity index (χ3v) is 3.32. The molecular weight excluding hydrogens is 330 g/mol. The van der Waals surface area contributed by atoms with E-state index in [1.54, 1.807) is 18.2 Å². The van der Waals surface area contributed by atoms with Gasteiger partial charge in [-0.15, -0.1) is 0 Å². The second kappa shape index (κ2) is 6.00. The van der Waals surface area contributed by atoms with Gasteiger partial charge in [0.15, 0.2) is 11.6 Å². The highest BCUT2D eigenvalue weighted by Crippen LogP contribution is 2.23. The van der Waals surface area contributed by atoms with E-state index in [9.17, 15) is 13.6 Å². The molecule has 0 fully saturated rings. The molecule has 2 aromatic rings. The fourth-order valence-electron chi connectivity index (χ4n) is 1.65. The molecule has 0 aliphatic carbocycles. The Morgan fingerprint density at radius 2 is 1.90 bits per heavy atom. The zero-order chi connectivity index (χ0) is 14.7. The Labute approximate surface area is 122 Å². The minimum Gasteiger partial charge on any atom is -0.398 e. The van der Waals surface area contributed by atoms with Crippen molar-refractivity contribution in [1.29, 1.82) is 0 Å². The molecule has 2 aromatic carbocycles. The smallest absolute Gasteiger partial charge is 0.228 e. The standard InChI is InChI=1S/C14H11BrF2N2O/c15-10-7-9(2-4-13(10)18)19-14(20)6-8-1-3-11(16)12(17)5-8/h1-5,7H,6,18H2,(H,19,20). The van der Waals surface area contributed by atoms with Crippen LogP contribution in [0.15, 0.2) is 40.9 Å². The van der Waals surface area contributed by atoms with Gasteiger partial charge >= 0.3 is 0 Å². The van der Waals surface area contributed by atoms with E-state index in [1.165, 1.54) is 6.07 Å². The molecule has 20 heavy (non-hydrogen) atoms. The second-order valence-corrected chi connectivity index (χ2v) is 5.06.